The van der Waals surface area contributed by atoms with Gasteiger partial charge < -0.3 is 0 Å². The molecule has 13 heavy (non-hydrogen) atoms. The summed E-state index contributed by atoms with van der Waals surface area (Å²) in [7, 11) is 0. The quantitative estimate of drug-likeness (QED) is 0.546. The molecule has 0 spiro atoms. The van der Waals surface area contributed by atoms with Gasteiger partial charge in [-0.15, -0.1) is 11.8 Å². The van der Waals surface area contributed by atoms with Crippen molar-refractivity contribution in [2.24, 2.45) is 0 Å². The molecule has 1 aromatic rings. The van der Waals surface area contributed by atoms with Crippen LogP contribution in [0.2, 0.25) is 0 Å². The van der Waals surface area contributed by atoms with Crippen molar-refractivity contribution >= 4 is 17.5 Å². The van der Waals surface area contributed by atoms with Crippen LogP contribution in [0.5, 0.6) is 0 Å². The molecule has 1 rings (SSSR count). The maximum Gasteiger partial charge on any atom is 0.186 e. The Morgan fingerprint density at radius 2 is 2.31 bits per heavy atom. The van der Waals surface area contributed by atoms with E-state index in [2.05, 4.69) is 0 Å². The molecule has 0 saturated carbocycles. The first-order valence-corrected chi connectivity index (χ1v) is 5.02. The number of allylic oxidation sites excluding steroid dienone is 1. The number of carbonyl (C=O) groups excluding carboxylic acids is 1. The highest BCUT2D eigenvalue weighted by Gasteiger charge is 2.01. The van der Waals surface area contributed by atoms with Crippen LogP contribution < -0.4 is 0 Å². The highest BCUT2D eigenvalue weighted by atomic mass is 32.2. The molecular formula is C10H9FOS. The van der Waals surface area contributed by atoms with Gasteiger partial charge in [0.05, 0.1) is 0 Å². The molecule has 0 saturated heterocycles. The average molecular weight is 196 g/mol. The summed E-state index contributed by atoms with van der Waals surface area (Å²) in [5.41, 5.74) is 0.380. The molecule has 68 valence electrons. The molecule has 0 aliphatic rings. The van der Waals surface area contributed by atoms with Crippen molar-refractivity contribution in [1.82, 2.24) is 0 Å². The van der Waals surface area contributed by atoms with Crippen LogP contribution in [-0.2, 0) is 0 Å². The van der Waals surface area contributed by atoms with E-state index >= 15 is 0 Å². The monoisotopic (exact) mass is 196 g/mol. The lowest BCUT2D eigenvalue weighted by Gasteiger charge is -1.94. The van der Waals surface area contributed by atoms with E-state index in [-0.39, 0.29) is 11.6 Å². The molecule has 0 fully saturated rings. The molecule has 0 aliphatic heterocycles. The zero-order valence-electron chi connectivity index (χ0n) is 7.16. The van der Waals surface area contributed by atoms with Gasteiger partial charge in [-0.2, -0.15) is 0 Å². The first-order chi connectivity index (χ1) is 6.24. The summed E-state index contributed by atoms with van der Waals surface area (Å²) in [6.07, 6.45) is 3.29. The first-order valence-electron chi connectivity index (χ1n) is 3.73. The summed E-state index contributed by atoms with van der Waals surface area (Å²) in [6.45, 7) is 0. The molecule has 1 nitrogen and oxygen atoms in total. The minimum atomic E-state index is -0.386. The fourth-order valence-electron chi connectivity index (χ4n) is 0.868. The molecular weight excluding hydrogens is 187 g/mol. The molecule has 0 aromatic heterocycles. The van der Waals surface area contributed by atoms with Gasteiger partial charge in [0.2, 0.25) is 0 Å². The second kappa shape index (κ2) is 4.82. The Bertz CT molecular complexity index is 333. The van der Waals surface area contributed by atoms with Crippen LogP contribution in [0.4, 0.5) is 4.39 Å². The number of thioether (sulfide) groups is 1. The van der Waals surface area contributed by atoms with Gasteiger partial charge in [-0.3, -0.25) is 4.79 Å². The van der Waals surface area contributed by atoms with Gasteiger partial charge in [-0.05, 0) is 29.9 Å². The van der Waals surface area contributed by atoms with Crippen molar-refractivity contribution in [2.45, 2.75) is 0 Å². The van der Waals surface area contributed by atoms with Crippen molar-refractivity contribution in [1.29, 1.82) is 0 Å². The van der Waals surface area contributed by atoms with Gasteiger partial charge >= 0.3 is 0 Å². The molecule has 0 heterocycles. The minimum absolute atomic E-state index is 0.172. The Morgan fingerprint density at radius 1 is 1.54 bits per heavy atom. The topological polar surface area (TPSA) is 17.1 Å². The summed E-state index contributed by atoms with van der Waals surface area (Å²) in [5, 5.41) is 1.67. The van der Waals surface area contributed by atoms with Gasteiger partial charge in [0.1, 0.15) is 5.82 Å². The second-order valence-electron chi connectivity index (χ2n) is 2.41. The van der Waals surface area contributed by atoms with E-state index in [1.807, 2.05) is 6.26 Å². The number of hydrogen-bond donors (Lipinski definition) is 0. The van der Waals surface area contributed by atoms with E-state index in [0.717, 1.165) is 0 Å². The summed E-state index contributed by atoms with van der Waals surface area (Å²) < 4.78 is 12.7. The zero-order chi connectivity index (χ0) is 9.68. The smallest absolute Gasteiger partial charge is 0.186 e. The number of carbonyl (C=O) groups is 1. The van der Waals surface area contributed by atoms with E-state index in [1.165, 1.54) is 36.0 Å². The summed E-state index contributed by atoms with van der Waals surface area (Å²) in [6, 6.07) is 5.66. The Balaban J connectivity index is 2.83. The molecule has 0 bridgehead atoms. The van der Waals surface area contributed by atoms with E-state index in [0.29, 0.717) is 5.56 Å². The predicted octanol–water partition coefficient (Wildman–Crippen LogP) is 2.89. The predicted molar refractivity (Wildman–Crippen MR) is 53.4 cm³/mol. The lowest BCUT2D eigenvalue weighted by molar-refractivity contribution is 0.104. The zero-order valence-corrected chi connectivity index (χ0v) is 7.98. The Labute approximate surface area is 80.7 Å². The van der Waals surface area contributed by atoms with Gasteiger partial charge in [-0.25, -0.2) is 4.39 Å². The van der Waals surface area contributed by atoms with Crippen LogP contribution in [0.3, 0.4) is 0 Å². The highest BCUT2D eigenvalue weighted by Crippen LogP contribution is 2.06. The number of ketones is 1. The van der Waals surface area contributed by atoms with Crippen LogP contribution in [-0.4, -0.2) is 12.0 Å². The van der Waals surface area contributed by atoms with Gasteiger partial charge in [0.15, 0.2) is 5.78 Å². The standard InChI is InChI=1S/C10H9FOS/c1-13-6-5-10(12)8-3-2-4-9(11)7-8/h2-7H,1H3/b6-5+. The molecule has 0 N–H and O–H groups in total. The fourth-order valence-corrected chi connectivity index (χ4v) is 1.13. The van der Waals surface area contributed by atoms with E-state index < -0.39 is 0 Å². The largest absolute Gasteiger partial charge is 0.289 e. The van der Waals surface area contributed by atoms with Crippen molar-refractivity contribution < 1.29 is 9.18 Å². The second-order valence-corrected chi connectivity index (χ2v) is 3.16. The van der Waals surface area contributed by atoms with E-state index in [4.69, 9.17) is 0 Å². The number of rotatable bonds is 3. The van der Waals surface area contributed by atoms with Crippen molar-refractivity contribution in [3.63, 3.8) is 0 Å². The molecule has 0 unspecified atom stereocenters. The molecule has 0 aliphatic carbocycles. The van der Waals surface area contributed by atoms with Crippen LogP contribution >= 0.6 is 11.8 Å². The lowest BCUT2D eigenvalue weighted by atomic mass is 10.1. The maximum atomic E-state index is 12.7. The Morgan fingerprint density at radius 3 is 2.92 bits per heavy atom. The lowest BCUT2D eigenvalue weighted by Crippen LogP contribution is -1.93. The van der Waals surface area contributed by atoms with Gasteiger partial charge in [0, 0.05) is 5.56 Å². The van der Waals surface area contributed by atoms with Gasteiger partial charge in [-0.1, -0.05) is 12.1 Å². The average Bonchev–Trinajstić information content (AvgIpc) is 2.14. The molecule has 0 amide bonds. The Hall–Kier alpha value is -1.09. The summed E-state index contributed by atoms with van der Waals surface area (Å²) >= 11 is 1.43. The van der Waals surface area contributed by atoms with Crippen molar-refractivity contribution in [3.05, 3.63) is 47.1 Å². The maximum absolute atomic E-state index is 12.7. The van der Waals surface area contributed by atoms with E-state index in [1.54, 1.807) is 11.5 Å². The van der Waals surface area contributed by atoms with Crippen LogP contribution in [0.15, 0.2) is 35.7 Å². The normalized spacial score (nSPS) is 10.6. The highest BCUT2D eigenvalue weighted by molar-refractivity contribution is 8.01. The third-order valence-corrected chi connectivity index (χ3v) is 1.87. The van der Waals surface area contributed by atoms with Crippen molar-refractivity contribution in [3.8, 4) is 0 Å². The number of benzene rings is 1. The number of hydrogen-bond acceptors (Lipinski definition) is 2. The Kier molecular flexibility index (Phi) is 3.71. The van der Waals surface area contributed by atoms with Crippen LogP contribution in [0.1, 0.15) is 10.4 Å². The summed E-state index contributed by atoms with van der Waals surface area (Å²) in [5.74, 6) is -0.558. The minimum Gasteiger partial charge on any atom is -0.289 e. The molecule has 0 atom stereocenters. The van der Waals surface area contributed by atoms with Crippen LogP contribution in [0.25, 0.3) is 0 Å². The molecule has 0 radical (unpaired) electrons. The first kappa shape index (κ1) is 9.99. The van der Waals surface area contributed by atoms with E-state index in [9.17, 15) is 9.18 Å². The summed E-state index contributed by atoms with van der Waals surface area (Å²) in [4.78, 5) is 11.3. The van der Waals surface area contributed by atoms with Crippen molar-refractivity contribution in [2.75, 3.05) is 6.26 Å². The molecule has 1 aromatic carbocycles. The molecule has 3 heteroatoms. The fraction of sp³-hybridized carbons (Fsp3) is 0.100. The number of halogens is 1. The van der Waals surface area contributed by atoms with Gasteiger partial charge in [0.25, 0.3) is 0 Å². The third kappa shape index (κ3) is 3.03. The third-order valence-electron chi connectivity index (χ3n) is 1.46. The van der Waals surface area contributed by atoms with Crippen LogP contribution in [0, 0.1) is 5.82 Å². The SMILES string of the molecule is CS/C=C/C(=O)c1cccc(F)c1.